The largest absolute Gasteiger partial charge is 0.374 e. The lowest BCUT2D eigenvalue weighted by Gasteiger charge is -2.06. The number of aromatic nitrogens is 1. The van der Waals surface area contributed by atoms with Gasteiger partial charge >= 0.3 is 0 Å². The third-order valence-corrected chi connectivity index (χ3v) is 3.67. The fraction of sp³-hybridized carbons (Fsp3) is 0.250. The highest BCUT2D eigenvalue weighted by Crippen LogP contribution is 2.26. The summed E-state index contributed by atoms with van der Waals surface area (Å²) in [5.41, 5.74) is 0.921. The minimum absolute atomic E-state index is 0.139. The molecule has 0 aliphatic carbocycles. The molecule has 0 saturated heterocycles. The number of halogens is 1. The molecule has 0 aliphatic rings. The summed E-state index contributed by atoms with van der Waals surface area (Å²) in [5, 5.41) is 14.7. The van der Waals surface area contributed by atoms with E-state index in [1.165, 1.54) is 11.3 Å². The molecule has 1 N–H and O–H groups in total. The van der Waals surface area contributed by atoms with Crippen LogP contribution >= 0.6 is 11.3 Å². The van der Waals surface area contributed by atoms with E-state index in [2.05, 4.69) is 10.3 Å². The predicted octanol–water partition coefficient (Wildman–Crippen LogP) is 3.42. The van der Waals surface area contributed by atoms with Gasteiger partial charge in [0, 0.05) is 17.0 Å². The molecule has 100 valence electrons. The van der Waals surface area contributed by atoms with Crippen molar-refractivity contribution < 1.29 is 9.31 Å². The minimum Gasteiger partial charge on any atom is -0.374 e. The zero-order valence-electron chi connectivity index (χ0n) is 10.4. The number of rotatable bonds is 4. The summed E-state index contributed by atoms with van der Waals surface area (Å²) in [6.45, 7) is 4.16. The molecule has 0 saturated carbocycles. The van der Waals surface area contributed by atoms with Crippen molar-refractivity contribution in [3.63, 3.8) is 0 Å². The van der Waals surface area contributed by atoms with Crippen LogP contribution in [-0.2, 0) is 6.54 Å². The number of nitro benzene ring substituents is 1. The number of nitro groups is 1. The highest BCUT2D eigenvalue weighted by molar-refractivity contribution is 7.11. The van der Waals surface area contributed by atoms with Crippen LogP contribution in [0.15, 0.2) is 18.2 Å². The van der Waals surface area contributed by atoms with E-state index in [9.17, 15) is 14.5 Å². The van der Waals surface area contributed by atoms with Crippen molar-refractivity contribution in [1.82, 2.24) is 4.98 Å². The van der Waals surface area contributed by atoms with Gasteiger partial charge < -0.3 is 5.32 Å². The number of anilines is 1. The fourth-order valence-electron chi connectivity index (χ4n) is 1.72. The number of hydrogen-bond donors (Lipinski definition) is 1. The Bertz CT molecular complexity index is 627. The molecule has 2 aromatic rings. The smallest absolute Gasteiger partial charge is 0.292 e. The second kappa shape index (κ2) is 5.31. The molecular weight excluding hydrogens is 269 g/mol. The highest BCUT2D eigenvalue weighted by Gasteiger charge is 2.15. The summed E-state index contributed by atoms with van der Waals surface area (Å²) in [6.07, 6.45) is 0. The van der Waals surface area contributed by atoms with E-state index in [0.29, 0.717) is 6.54 Å². The van der Waals surface area contributed by atoms with Crippen molar-refractivity contribution in [2.75, 3.05) is 5.32 Å². The van der Waals surface area contributed by atoms with E-state index in [1.54, 1.807) is 0 Å². The standard InChI is InChI=1S/C12H12FN3O2S/c1-7-12(19-8(2)15-7)6-14-10-5-9(13)3-4-11(10)16(17)18/h3-5,14H,6H2,1-2H3. The normalized spacial score (nSPS) is 10.5. The molecule has 0 aliphatic heterocycles. The van der Waals surface area contributed by atoms with Crippen molar-refractivity contribution in [1.29, 1.82) is 0 Å². The molecule has 0 bridgehead atoms. The molecule has 0 fully saturated rings. The van der Waals surface area contributed by atoms with Gasteiger partial charge in [0.15, 0.2) is 0 Å². The highest BCUT2D eigenvalue weighted by atomic mass is 32.1. The van der Waals surface area contributed by atoms with Crippen molar-refractivity contribution in [3.05, 3.63) is 49.7 Å². The molecule has 0 atom stereocenters. The first-order valence-corrected chi connectivity index (χ1v) is 6.39. The van der Waals surface area contributed by atoms with Crippen LogP contribution in [0.5, 0.6) is 0 Å². The maximum atomic E-state index is 13.1. The van der Waals surface area contributed by atoms with E-state index in [4.69, 9.17) is 0 Å². The topological polar surface area (TPSA) is 68.1 Å². The number of nitrogens with one attached hydrogen (secondary N) is 1. The second-order valence-corrected chi connectivity index (χ2v) is 5.30. The minimum atomic E-state index is -0.535. The molecule has 1 aromatic carbocycles. The van der Waals surface area contributed by atoms with E-state index < -0.39 is 10.7 Å². The van der Waals surface area contributed by atoms with Gasteiger partial charge in [-0.15, -0.1) is 11.3 Å². The van der Waals surface area contributed by atoms with Crippen LogP contribution < -0.4 is 5.32 Å². The van der Waals surface area contributed by atoms with Gasteiger partial charge in [0.1, 0.15) is 11.5 Å². The molecule has 0 spiro atoms. The quantitative estimate of drug-likeness (QED) is 0.688. The Hall–Kier alpha value is -2.02. The van der Waals surface area contributed by atoms with Gasteiger partial charge in [0.25, 0.3) is 5.69 Å². The van der Waals surface area contributed by atoms with E-state index >= 15 is 0 Å². The van der Waals surface area contributed by atoms with Crippen molar-refractivity contribution in [3.8, 4) is 0 Å². The lowest BCUT2D eigenvalue weighted by atomic mass is 10.2. The van der Waals surface area contributed by atoms with Gasteiger partial charge in [-0.1, -0.05) is 0 Å². The first-order valence-electron chi connectivity index (χ1n) is 5.58. The molecule has 0 amide bonds. The van der Waals surface area contributed by atoms with E-state index in [0.717, 1.165) is 33.8 Å². The molecular formula is C12H12FN3O2S. The maximum absolute atomic E-state index is 13.1. The van der Waals surface area contributed by atoms with Gasteiger partial charge in [-0.25, -0.2) is 9.37 Å². The first-order chi connectivity index (χ1) is 8.97. The first kappa shape index (κ1) is 13.4. The molecule has 0 radical (unpaired) electrons. The summed E-state index contributed by atoms with van der Waals surface area (Å²) in [4.78, 5) is 15.6. The molecule has 1 heterocycles. The fourth-order valence-corrected chi connectivity index (χ4v) is 2.60. The van der Waals surface area contributed by atoms with E-state index in [1.807, 2.05) is 13.8 Å². The lowest BCUT2D eigenvalue weighted by Crippen LogP contribution is -2.03. The Morgan fingerprint density at radius 1 is 1.47 bits per heavy atom. The van der Waals surface area contributed by atoms with Crippen LogP contribution in [0.3, 0.4) is 0 Å². The second-order valence-electron chi connectivity index (χ2n) is 4.01. The zero-order valence-corrected chi connectivity index (χ0v) is 11.3. The van der Waals surface area contributed by atoms with Crippen LogP contribution in [-0.4, -0.2) is 9.91 Å². The number of benzene rings is 1. The number of aryl methyl sites for hydroxylation is 2. The van der Waals surface area contributed by atoms with Gasteiger partial charge in [0.2, 0.25) is 0 Å². The SMILES string of the molecule is Cc1nc(C)c(CNc2cc(F)ccc2[N+](=O)[O-])s1. The third kappa shape index (κ3) is 3.05. The van der Waals surface area contributed by atoms with Crippen LogP contribution in [0, 0.1) is 29.8 Å². The summed E-state index contributed by atoms with van der Waals surface area (Å²) in [5.74, 6) is -0.509. The third-order valence-electron chi connectivity index (χ3n) is 2.59. The van der Waals surface area contributed by atoms with Crippen molar-refractivity contribution in [2.45, 2.75) is 20.4 Å². The van der Waals surface area contributed by atoms with Crippen LogP contribution in [0.25, 0.3) is 0 Å². The van der Waals surface area contributed by atoms with E-state index in [-0.39, 0.29) is 11.4 Å². The summed E-state index contributed by atoms with van der Waals surface area (Å²) >= 11 is 1.51. The maximum Gasteiger partial charge on any atom is 0.292 e. The Kier molecular flexibility index (Phi) is 3.75. The average molecular weight is 281 g/mol. The number of nitrogens with zero attached hydrogens (tertiary/aromatic N) is 2. The Morgan fingerprint density at radius 2 is 2.21 bits per heavy atom. The number of hydrogen-bond acceptors (Lipinski definition) is 5. The van der Waals surface area contributed by atoms with Gasteiger partial charge in [-0.05, 0) is 19.9 Å². The lowest BCUT2D eigenvalue weighted by molar-refractivity contribution is -0.384. The Labute approximate surface area is 113 Å². The Balaban J connectivity index is 2.21. The van der Waals surface area contributed by atoms with Crippen LogP contribution in [0.1, 0.15) is 15.6 Å². The van der Waals surface area contributed by atoms with Gasteiger partial charge in [-0.2, -0.15) is 0 Å². The molecule has 19 heavy (non-hydrogen) atoms. The molecule has 0 unspecified atom stereocenters. The van der Waals surface area contributed by atoms with Crippen molar-refractivity contribution in [2.24, 2.45) is 0 Å². The summed E-state index contributed by atoms with van der Waals surface area (Å²) in [6, 6.07) is 3.36. The summed E-state index contributed by atoms with van der Waals surface area (Å²) < 4.78 is 13.1. The zero-order chi connectivity index (χ0) is 14.0. The number of thiazole rings is 1. The predicted molar refractivity (Wildman–Crippen MR) is 72.0 cm³/mol. The van der Waals surface area contributed by atoms with Crippen LogP contribution in [0.4, 0.5) is 15.8 Å². The average Bonchev–Trinajstić information content (AvgIpc) is 2.65. The molecule has 5 nitrogen and oxygen atoms in total. The molecule has 1 aromatic heterocycles. The summed E-state index contributed by atoms with van der Waals surface area (Å²) in [7, 11) is 0. The van der Waals surface area contributed by atoms with Gasteiger partial charge in [0.05, 0.1) is 22.2 Å². The molecule has 2 rings (SSSR count). The van der Waals surface area contributed by atoms with Crippen LogP contribution in [0.2, 0.25) is 0 Å². The molecule has 7 heteroatoms. The monoisotopic (exact) mass is 281 g/mol. The van der Waals surface area contributed by atoms with Gasteiger partial charge in [-0.3, -0.25) is 10.1 Å². The van der Waals surface area contributed by atoms with Crippen molar-refractivity contribution >= 4 is 22.7 Å². The Morgan fingerprint density at radius 3 is 2.79 bits per heavy atom.